The highest BCUT2D eigenvalue weighted by atomic mass is 16.6. The van der Waals surface area contributed by atoms with Crippen LogP contribution in [0.4, 0.5) is 4.79 Å². The fraction of sp³-hybridized carbons (Fsp3) is 0.469. The summed E-state index contributed by atoms with van der Waals surface area (Å²) in [4.78, 5) is 42.5. The van der Waals surface area contributed by atoms with Gasteiger partial charge in [0.1, 0.15) is 23.4 Å². The molecule has 8 nitrogen and oxygen atoms in total. The highest BCUT2D eigenvalue weighted by molar-refractivity contribution is 5.92. The number of amides is 3. The number of terminal acetylenes is 1. The molecule has 0 aliphatic heterocycles. The minimum Gasteiger partial charge on any atom is -0.508 e. The highest BCUT2D eigenvalue weighted by Gasteiger charge is 2.38. The third-order valence-corrected chi connectivity index (χ3v) is 6.43. The number of ether oxygens (including phenoxy) is 1. The zero-order valence-corrected chi connectivity index (χ0v) is 24.5. The SMILES string of the molecule is C#Cc1ccc(C(C(=O)NCCCC)N(C(=O)C(Cc2ccc(O)cc2)NC(=O)OC(C)(C)C)C(C)CC)cc1. The van der Waals surface area contributed by atoms with Crippen molar-refractivity contribution in [3.63, 3.8) is 0 Å². The topological polar surface area (TPSA) is 108 Å². The molecule has 0 aromatic heterocycles. The van der Waals surface area contributed by atoms with Crippen molar-refractivity contribution in [2.45, 2.75) is 91.0 Å². The Morgan fingerprint density at radius 2 is 1.68 bits per heavy atom. The Hall–Kier alpha value is -3.99. The van der Waals surface area contributed by atoms with Gasteiger partial charge in [-0.2, -0.15) is 0 Å². The Labute approximate surface area is 238 Å². The van der Waals surface area contributed by atoms with Crippen LogP contribution in [0.1, 0.15) is 83.5 Å². The summed E-state index contributed by atoms with van der Waals surface area (Å²) in [7, 11) is 0. The van der Waals surface area contributed by atoms with Crippen LogP contribution in [0, 0.1) is 12.3 Å². The molecule has 3 unspecified atom stereocenters. The molecule has 0 heterocycles. The molecule has 0 aliphatic carbocycles. The van der Waals surface area contributed by atoms with Gasteiger partial charge in [0.05, 0.1) is 0 Å². The van der Waals surface area contributed by atoms with Gasteiger partial charge >= 0.3 is 6.09 Å². The quantitative estimate of drug-likeness (QED) is 0.252. The summed E-state index contributed by atoms with van der Waals surface area (Å²) < 4.78 is 5.47. The van der Waals surface area contributed by atoms with Crippen molar-refractivity contribution in [3.8, 4) is 18.1 Å². The molecule has 8 heteroatoms. The van der Waals surface area contributed by atoms with E-state index in [1.807, 2.05) is 20.8 Å². The number of carbonyl (C=O) groups is 3. The number of nitrogens with zero attached hydrogens (tertiary/aromatic N) is 1. The van der Waals surface area contributed by atoms with Crippen molar-refractivity contribution in [2.75, 3.05) is 6.54 Å². The van der Waals surface area contributed by atoms with Crippen molar-refractivity contribution >= 4 is 17.9 Å². The molecule has 40 heavy (non-hydrogen) atoms. The van der Waals surface area contributed by atoms with E-state index in [0.29, 0.717) is 24.1 Å². The van der Waals surface area contributed by atoms with Crippen molar-refractivity contribution in [3.05, 3.63) is 65.2 Å². The molecule has 0 saturated carbocycles. The lowest BCUT2D eigenvalue weighted by Crippen LogP contribution is -2.56. The van der Waals surface area contributed by atoms with Crippen LogP contribution in [-0.4, -0.2) is 52.1 Å². The third-order valence-electron chi connectivity index (χ3n) is 6.43. The number of benzene rings is 2. The molecule has 0 saturated heterocycles. The molecule has 3 amide bonds. The average Bonchev–Trinajstić information content (AvgIpc) is 2.90. The van der Waals surface area contributed by atoms with E-state index in [2.05, 4.69) is 16.6 Å². The molecular formula is C32H43N3O5. The monoisotopic (exact) mass is 549 g/mol. The second kappa shape index (κ2) is 15.0. The van der Waals surface area contributed by atoms with Gasteiger partial charge in [0.15, 0.2) is 0 Å². The number of phenols is 1. The standard InChI is InChI=1S/C32H43N3O5/c1-8-11-20-33-29(37)28(25-16-12-23(10-3)13-17-25)35(22(4)9-2)30(38)27(34-31(39)40-32(5,6)7)21-24-14-18-26(36)19-15-24/h3,12-19,22,27-28,36H,8-9,11,20-21H2,1-2,4-7H3,(H,33,37)(H,34,39). The van der Waals surface area contributed by atoms with Gasteiger partial charge in [0, 0.05) is 24.6 Å². The molecule has 0 bridgehead atoms. The molecule has 0 aliphatic rings. The maximum absolute atomic E-state index is 14.4. The number of phenolic OH excluding ortho intramolecular Hbond substituents is 1. The predicted molar refractivity (Wildman–Crippen MR) is 157 cm³/mol. The first-order chi connectivity index (χ1) is 18.9. The molecule has 3 atom stereocenters. The summed E-state index contributed by atoms with van der Waals surface area (Å²) in [5, 5.41) is 15.4. The van der Waals surface area contributed by atoms with Crippen LogP contribution < -0.4 is 10.6 Å². The van der Waals surface area contributed by atoms with Gasteiger partial charge < -0.3 is 25.4 Å². The molecular weight excluding hydrogens is 506 g/mol. The lowest BCUT2D eigenvalue weighted by Gasteiger charge is -2.38. The van der Waals surface area contributed by atoms with Gasteiger partial charge in [0.2, 0.25) is 11.8 Å². The Bertz CT molecular complexity index is 1160. The van der Waals surface area contributed by atoms with E-state index >= 15 is 0 Å². The van der Waals surface area contributed by atoms with Gasteiger partial charge in [-0.05, 0) is 75.9 Å². The number of nitrogens with one attached hydrogen (secondary N) is 2. The van der Waals surface area contributed by atoms with E-state index in [1.165, 1.54) is 12.1 Å². The van der Waals surface area contributed by atoms with Crippen LogP contribution in [-0.2, 0) is 20.7 Å². The second-order valence-corrected chi connectivity index (χ2v) is 10.9. The zero-order valence-electron chi connectivity index (χ0n) is 24.5. The van der Waals surface area contributed by atoms with Crippen molar-refractivity contribution < 1.29 is 24.2 Å². The summed E-state index contributed by atoms with van der Waals surface area (Å²) in [6, 6.07) is 11.1. The first-order valence-electron chi connectivity index (χ1n) is 13.8. The second-order valence-electron chi connectivity index (χ2n) is 10.9. The lowest BCUT2D eigenvalue weighted by atomic mass is 9.97. The van der Waals surface area contributed by atoms with Crippen LogP contribution >= 0.6 is 0 Å². The van der Waals surface area contributed by atoms with E-state index < -0.39 is 29.7 Å². The van der Waals surface area contributed by atoms with Gasteiger partial charge in [-0.25, -0.2) is 4.79 Å². The van der Waals surface area contributed by atoms with Crippen LogP contribution in [0.5, 0.6) is 5.75 Å². The maximum atomic E-state index is 14.4. The Morgan fingerprint density at radius 3 is 2.20 bits per heavy atom. The third kappa shape index (κ3) is 9.64. The van der Waals surface area contributed by atoms with Crippen LogP contribution in [0.25, 0.3) is 0 Å². The van der Waals surface area contributed by atoms with Crippen molar-refractivity contribution in [1.82, 2.24) is 15.5 Å². The number of rotatable bonds is 12. The number of aromatic hydroxyl groups is 1. The first-order valence-corrected chi connectivity index (χ1v) is 13.8. The smallest absolute Gasteiger partial charge is 0.408 e. The summed E-state index contributed by atoms with van der Waals surface area (Å²) in [6.07, 6.45) is 7.22. The van der Waals surface area contributed by atoms with Crippen LogP contribution in [0.15, 0.2) is 48.5 Å². The molecule has 2 aromatic carbocycles. The Morgan fingerprint density at radius 1 is 1.05 bits per heavy atom. The molecule has 0 spiro atoms. The fourth-order valence-electron chi connectivity index (χ4n) is 4.18. The first kappa shape index (κ1) is 32.2. The summed E-state index contributed by atoms with van der Waals surface area (Å²) in [5.41, 5.74) is 1.22. The molecule has 0 radical (unpaired) electrons. The number of hydrogen-bond acceptors (Lipinski definition) is 5. The van der Waals surface area contributed by atoms with E-state index in [9.17, 15) is 19.5 Å². The zero-order chi connectivity index (χ0) is 29.9. The van der Waals surface area contributed by atoms with Crippen LogP contribution in [0.2, 0.25) is 0 Å². The Balaban J connectivity index is 2.57. The minimum atomic E-state index is -1.04. The molecule has 3 N–H and O–H groups in total. The van der Waals surface area contributed by atoms with Gasteiger partial charge in [-0.1, -0.05) is 50.5 Å². The molecule has 2 rings (SSSR count). The Kier molecular flexibility index (Phi) is 12.1. The van der Waals surface area contributed by atoms with Gasteiger partial charge in [0.25, 0.3) is 0 Å². The number of carbonyl (C=O) groups excluding carboxylic acids is 3. The van der Waals surface area contributed by atoms with E-state index in [0.717, 1.165) is 18.4 Å². The molecule has 0 fully saturated rings. The van der Waals surface area contributed by atoms with Gasteiger partial charge in [-0.15, -0.1) is 6.42 Å². The van der Waals surface area contributed by atoms with Crippen molar-refractivity contribution in [2.24, 2.45) is 0 Å². The number of unbranched alkanes of at least 4 members (excludes halogenated alkanes) is 1. The van der Waals surface area contributed by atoms with Crippen molar-refractivity contribution in [1.29, 1.82) is 0 Å². The summed E-state index contributed by atoms with van der Waals surface area (Å²) >= 11 is 0. The minimum absolute atomic E-state index is 0.0900. The van der Waals surface area contributed by atoms with E-state index in [-0.39, 0.29) is 24.1 Å². The number of hydrogen-bond donors (Lipinski definition) is 3. The number of alkyl carbamates (subject to hydrolysis) is 1. The van der Waals surface area contributed by atoms with Crippen LogP contribution in [0.3, 0.4) is 0 Å². The highest BCUT2D eigenvalue weighted by Crippen LogP contribution is 2.27. The summed E-state index contributed by atoms with van der Waals surface area (Å²) in [6.45, 7) is 11.6. The van der Waals surface area contributed by atoms with E-state index in [4.69, 9.17) is 11.2 Å². The maximum Gasteiger partial charge on any atom is 0.408 e. The largest absolute Gasteiger partial charge is 0.508 e. The fourth-order valence-corrected chi connectivity index (χ4v) is 4.18. The predicted octanol–water partition coefficient (Wildman–Crippen LogP) is 5.09. The average molecular weight is 550 g/mol. The van der Waals surface area contributed by atoms with E-state index in [1.54, 1.807) is 62.1 Å². The normalized spacial score (nSPS) is 13.3. The molecule has 216 valence electrons. The van der Waals surface area contributed by atoms with Gasteiger partial charge in [-0.3, -0.25) is 9.59 Å². The lowest BCUT2D eigenvalue weighted by molar-refractivity contribution is -0.145. The molecule has 2 aromatic rings. The summed E-state index contributed by atoms with van der Waals surface area (Å²) in [5.74, 6) is 1.93.